The van der Waals surface area contributed by atoms with E-state index in [-0.39, 0.29) is 35.0 Å². The van der Waals surface area contributed by atoms with Crippen molar-refractivity contribution in [2.45, 2.75) is 71.1 Å². The van der Waals surface area contributed by atoms with E-state index in [1.54, 1.807) is 13.8 Å². The monoisotopic (exact) mass is 487 g/mol. The Balaban J connectivity index is 2.13. The highest BCUT2D eigenvalue weighted by molar-refractivity contribution is 6.00. The van der Waals surface area contributed by atoms with Gasteiger partial charge in [-0.25, -0.2) is 4.79 Å². The quantitative estimate of drug-likeness (QED) is 0.602. The highest BCUT2D eigenvalue weighted by atomic mass is 16.5. The molecule has 2 aromatic rings. The summed E-state index contributed by atoms with van der Waals surface area (Å²) in [5.41, 5.74) is 0.392. The van der Waals surface area contributed by atoms with E-state index in [1.165, 1.54) is 25.3 Å². The summed E-state index contributed by atoms with van der Waals surface area (Å²) in [5, 5.41) is 10.1. The van der Waals surface area contributed by atoms with Crippen molar-refractivity contribution in [3.05, 3.63) is 46.6 Å². The maximum absolute atomic E-state index is 13.6. The van der Waals surface area contributed by atoms with Crippen LogP contribution in [-0.4, -0.2) is 58.4 Å². The Kier molecular flexibility index (Phi) is 7.91. The molecule has 1 N–H and O–H groups in total. The van der Waals surface area contributed by atoms with Crippen molar-refractivity contribution in [3.8, 4) is 5.75 Å². The number of hydrogen-bond donors (Lipinski definition) is 1. The van der Waals surface area contributed by atoms with Gasteiger partial charge in [0.25, 0.3) is 5.91 Å². The van der Waals surface area contributed by atoms with Crippen LogP contribution in [0.4, 0.5) is 0 Å². The van der Waals surface area contributed by atoms with Crippen molar-refractivity contribution in [1.29, 1.82) is 0 Å². The van der Waals surface area contributed by atoms with Crippen molar-refractivity contribution in [2.24, 2.45) is 12.0 Å². The molecule has 0 bridgehead atoms. The van der Waals surface area contributed by atoms with E-state index in [0.717, 1.165) is 25.0 Å². The highest BCUT2D eigenvalue weighted by Gasteiger charge is 2.25. The maximum atomic E-state index is 13.6. The first-order chi connectivity index (χ1) is 16.3. The zero-order valence-electron chi connectivity index (χ0n) is 21.8. The summed E-state index contributed by atoms with van der Waals surface area (Å²) in [6.07, 6.45) is 4.00. The smallest absolute Gasteiger partial charge is 0.337 e. The molecule has 0 aliphatic carbocycles. The standard InChI is InChI=1S/C26H37N3O6/c1-25(2,3)20-15-28(6)29(14-18-9-8-12-34-18)22(20)27-23(30)19-13-17(24(31)33-7)10-11-21(19)35-16-26(4,5)32/h10-11,13,15,18,32H,8-9,12,14,16H2,1-7H3/t18-/m1/s1. The van der Waals surface area contributed by atoms with Gasteiger partial charge in [0.05, 0.1) is 36.5 Å². The van der Waals surface area contributed by atoms with Crippen LogP contribution in [0.15, 0.2) is 29.4 Å². The van der Waals surface area contributed by atoms with Gasteiger partial charge in [-0.05, 0) is 50.3 Å². The molecule has 192 valence electrons. The molecule has 2 heterocycles. The average Bonchev–Trinajstić information content (AvgIpc) is 3.40. The predicted octanol–water partition coefficient (Wildman–Crippen LogP) is 2.98. The minimum atomic E-state index is -1.11. The van der Waals surface area contributed by atoms with Gasteiger partial charge in [-0.3, -0.25) is 14.2 Å². The Morgan fingerprint density at radius 2 is 1.94 bits per heavy atom. The number of carbonyl (C=O) groups is 2. The molecule has 3 rings (SSSR count). The van der Waals surface area contributed by atoms with Gasteiger partial charge in [0, 0.05) is 25.4 Å². The summed E-state index contributed by atoms with van der Waals surface area (Å²) < 4.78 is 20.3. The molecule has 1 aliphatic rings. The molecule has 0 unspecified atom stereocenters. The third-order valence-electron chi connectivity index (χ3n) is 5.81. The topological polar surface area (TPSA) is 104 Å². The number of aryl methyl sites for hydroxylation is 1. The minimum absolute atomic E-state index is 0.0392. The van der Waals surface area contributed by atoms with E-state index in [4.69, 9.17) is 14.2 Å². The fraction of sp³-hybridized carbons (Fsp3) is 0.577. The summed E-state index contributed by atoms with van der Waals surface area (Å²) in [6.45, 7) is 10.7. The molecule has 0 saturated carbocycles. The Morgan fingerprint density at radius 3 is 2.51 bits per heavy atom. The minimum Gasteiger partial charge on any atom is -0.490 e. The van der Waals surface area contributed by atoms with Gasteiger partial charge in [0.1, 0.15) is 12.4 Å². The second-order valence-corrected chi connectivity index (χ2v) is 10.6. The predicted molar refractivity (Wildman–Crippen MR) is 131 cm³/mol. The van der Waals surface area contributed by atoms with Crippen LogP contribution in [0.3, 0.4) is 0 Å². The summed E-state index contributed by atoms with van der Waals surface area (Å²) in [6, 6.07) is 4.46. The molecule has 0 radical (unpaired) electrons. The van der Waals surface area contributed by atoms with E-state index in [2.05, 4.69) is 25.8 Å². The highest BCUT2D eigenvalue weighted by Crippen LogP contribution is 2.24. The third kappa shape index (κ3) is 6.61. The SMILES string of the molecule is COC(=O)c1ccc(OCC(C)(C)O)c(C(=O)N=c2c(C(C)(C)C)cn(C)n2C[C@H]2CCCO2)c1. The molecule has 9 heteroatoms. The van der Waals surface area contributed by atoms with Crippen LogP contribution in [0.5, 0.6) is 5.75 Å². The number of rotatable bonds is 7. The van der Waals surface area contributed by atoms with Crippen molar-refractivity contribution in [2.75, 3.05) is 20.3 Å². The zero-order valence-corrected chi connectivity index (χ0v) is 21.8. The van der Waals surface area contributed by atoms with Crippen molar-refractivity contribution < 1.29 is 28.9 Å². The average molecular weight is 488 g/mol. The number of esters is 1. The molecule has 35 heavy (non-hydrogen) atoms. The lowest BCUT2D eigenvalue weighted by Crippen LogP contribution is -2.33. The van der Waals surface area contributed by atoms with Crippen LogP contribution in [0.1, 0.15) is 73.7 Å². The lowest BCUT2D eigenvalue weighted by Gasteiger charge is -2.19. The lowest BCUT2D eigenvalue weighted by molar-refractivity contribution is 0.0280. The number of aliphatic hydroxyl groups is 1. The fourth-order valence-electron chi connectivity index (χ4n) is 3.92. The number of aromatic nitrogens is 2. The van der Waals surface area contributed by atoms with E-state index < -0.39 is 17.5 Å². The summed E-state index contributed by atoms with van der Waals surface area (Å²) in [7, 11) is 3.20. The number of benzene rings is 1. The number of carbonyl (C=O) groups excluding carboxylic acids is 2. The Labute approximate surface area is 206 Å². The van der Waals surface area contributed by atoms with Crippen molar-refractivity contribution in [3.63, 3.8) is 0 Å². The molecule has 1 amide bonds. The second-order valence-electron chi connectivity index (χ2n) is 10.6. The molecule has 1 saturated heterocycles. The van der Waals surface area contributed by atoms with Gasteiger partial charge < -0.3 is 19.3 Å². The van der Waals surface area contributed by atoms with E-state index in [1.807, 2.05) is 22.6 Å². The Hall–Kier alpha value is -2.91. The fourth-order valence-corrected chi connectivity index (χ4v) is 3.92. The Morgan fingerprint density at radius 1 is 1.23 bits per heavy atom. The number of nitrogens with zero attached hydrogens (tertiary/aromatic N) is 3. The van der Waals surface area contributed by atoms with Crippen LogP contribution in [0.2, 0.25) is 0 Å². The Bertz CT molecular complexity index is 1140. The molecule has 1 aromatic heterocycles. The number of ether oxygens (including phenoxy) is 3. The first-order valence-electron chi connectivity index (χ1n) is 11.9. The van der Waals surface area contributed by atoms with Gasteiger partial charge in [-0.15, -0.1) is 0 Å². The summed E-state index contributed by atoms with van der Waals surface area (Å²) in [5.74, 6) is -0.900. The number of amides is 1. The van der Waals surface area contributed by atoms with E-state index in [9.17, 15) is 14.7 Å². The third-order valence-corrected chi connectivity index (χ3v) is 5.81. The summed E-state index contributed by atoms with van der Waals surface area (Å²) >= 11 is 0. The largest absolute Gasteiger partial charge is 0.490 e. The van der Waals surface area contributed by atoms with Crippen LogP contribution >= 0.6 is 0 Å². The molecular weight excluding hydrogens is 450 g/mol. The molecule has 1 fully saturated rings. The first-order valence-corrected chi connectivity index (χ1v) is 11.9. The summed E-state index contributed by atoms with van der Waals surface area (Å²) in [4.78, 5) is 30.3. The zero-order chi connectivity index (χ0) is 26.0. The van der Waals surface area contributed by atoms with Gasteiger partial charge in [-0.2, -0.15) is 4.99 Å². The second kappa shape index (κ2) is 10.4. The number of methoxy groups -OCH3 is 1. The normalized spacial score (nSPS) is 17.0. The van der Waals surface area contributed by atoms with E-state index >= 15 is 0 Å². The van der Waals surface area contributed by atoms with Crippen LogP contribution < -0.4 is 10.2 Å². The van der Waals surface area contributed by atoms with Gasteiger partial charge in [0.2, 0.25) is 0 Å². The maximum Gasteiger partial charge on any atom is 0.337 e. The van der Waals surface area contributed by atoms with Crippen LogP contribution in [-0.2, 0) is 28.5 Å². The van der Waals surface area contributed by atoms with Gasteiger partial charge in [-0.1, -0.05) is 20.8 Å². The van der Waals surface area contributed by atoms with E-state index in [0.29, 0.717) is 12.0 Å². The number of hydrogen-bond acceptors (Lipinski definition) is 6. The van der Waals surface area contributed by atoms with Gasteiger partial charge >= 0.3 is 5.97 Å². The molecule has 1 aromatic carbocycles. The molecule has 1 aliphatic heterocycles. The first kappa shape index (κ1) is 26.7. The molecule has 9 nitrogen and oxygen atoms in total. The van der Waals surface area contributed by atoms with Crippen molar-refractivity contribution >= 4 is 11.9 Å². The molecule has 0 spiro atoms. The van der Waals surface area contributed by atoms with Gasteiger partial charge in [0.15, 0.2) is 5.49 Å². The lowest BCUT2D eigenvalue weighted by atomic mass is 9.89. The molecular formula is C26H37N3O6. The van der Waals surface area contributed by atoms with Crippen LogP contribution in [0.25, 0.3) is 0 Å². The van der Waals surface area contributed by atoms with Crippen LogP contribution in [0, 0.1) is 0 Å². The van der Waals surface area contributed by atoms with Crippen molar-refractivity contribution in [1.82, 2.24) is 9.36 Å². The molecule has 1 atom stereocenters.